The van der Waals surface area contributed by atoms with Gasteiger partial charge in [-0.1, -0.05) is 17.7 Å². The van der Waals surface area contributed by atoms with Gasteiger partial charge in [0.25, 0.3) is 5.91 Å². The lowest BCUT2D eigenvalue weighted by molar-refractivity contribution is -0.124. The summed E-state index contributed by atoms with van der Waals surface area (Å²) < 4.78 is 10.5. The van der Waals surface area contributed by atoms with Crippen LogP contribution >= 0.6 is 0 Å². The van der Waals surface area contributed by atoms with Gasteiger partial charge in [-0.15, -0.1) is 0 Å². The van der Waals surface area contributed by atoms with Gasteiger partial charge in [-0.25, -0.2) is 9.69 Å². The van der Waals surface area contributed by atoms with Gasteiger partial charge in [0, 0.05) is 5.69 Å². The summed E-state index contributed by atoms with van der Waals surface area (Å²) >= 11 is 0. The molecule has 2 aromatic carbocycles. The van der Waals surface area contributed by atoms with Gasteiger partial charge in [0.2, 0.25) is 5.91 Å². The maximum absolute atomic E-state index is 13.2. The van der Waals surface area contributed by atoms with Crippen LogP contribution in [-0.4, -0.2) is 35.9 Å². The van der Waals surface area contributed by atoms with Crippen molar-refractivity contribution >= 4 is 29.2 Å². The quantitative estimate of drug-likeness (QED) is 0.570. The number of hydrogen-bond acceptors (Lipinski definition) is 5. The zero-order valence-corrected chi connectivity index (χ0v) is 17.8. The van der Waals surface area contributed by atoms with E-state index in [-0.39, 0.29) is 18.9 Å². The van der Waals surface area contributed by atoms with E-state index in [1.807, 2.05) is 19.1 Å². The maximum atomic E-state index is 13.2. The lowest BCUT2D eigenvalue weighted by Crippen LogP contribution is -2.37. The molecule has 0 saturated carbocycles. The Labute approximate surface area is 185 Å². The van der Waals surface area contributed by atoms with E-state index in [2.05, 4.69) is 5.32 Å². The molecular formula is C24H23N3O5. The first-order chi connectivity index (χ1) is 15.5. The second-order valence-electron chi connectivity index (χ2n) is 7.50. The third-order valence-electron chi connectivity index (χ3n) is 5.27. The van der Waals surface area contributed by atoms with E-state index in [0.717, 1.165) is 10.5 Å². The van der Waals surface area contributed by atoms with Crippen molar-refractivity contribution in [1.82, 2.24) is 4.90 Å². The van der Waals surface area contributed by atoms with Gasteiger partial charge in [-0.3, -0.25) is 9.59 Å². The van der Waals surface area contributed by atoms with Gasteiger partial charge < -0.3 is 19.4 Å². The number of rotatable bonds is 7. The zero-order valence-electron chi connectivity index (χ0n) is 17.8. The van der Waals surface area contributed by atoms with Crippen LogP contribution in [-0.2, 0) is 16.1 Å². The molecule has 1 saturated heterocycles. The highest BCUT2D eigenvalue weighted by atomic mass is 16.5. The number of imide groups is 1. The van der Waals surface area contributed by atoms with Crippen LogP contribution in [0.15, 0.2) is 71.3 Å². The predicted octanol–water partition coefficient (Wildman–Crippen LogP) is 3.96. The summed E-state index contributed by atoms with van der Waals surface area (Å²) in [6, 6.07) is 15.9. The van der Waals surface area contributed by atoms with Crippen molar-refractivity contribution in [2.75, 3.05) is 17.3 Å². The minimum atomic E-state index is -0.952. The molecule has 1 aliphatic heterocycles. The molecule has 0 radical (unpaired) electrons. The number of hydrogen-bond donors (Lipinski definition) is 1. The molecule has 1 aromatic heterocycles. The molecule has 8 heteroatoms. The van der Waals surface area contributed by atoms with Crippen LogP contribution in [0.5, 0.6) is 5.75 Å². The van der Waals surface area contributed by atoms with Gasteiger partial charge in [0.1, 0.15) is 17.6 Å². The summed E-state index contributed by atoms with van der Waals surface area (Å²) in [5.74, 6) is 0.363. The smallest absolute Gasteiger partial charge is 0.332 e. The molecular weight excluding hydrogens is 410 g/mol. The van der Waals surface area contributed by atoms with E-state index < -0.39 is 18.0 Å². The Kier molecular flexibility index (Phi) is 5.93. The summed E-state index contributed by atoms with van der Waals surface area (Å²) in [7, 11) is 1.56. The van der Waals surface area contributed by atoms with Gasteiger partial charge >= 0.3 is 6.03 Å². The number of urea groups is 1. The molecule has 0 aliphatic carbocycles. The van der Waals surface area contributed by atoms with E-state index in [4.69, 9.17) is 9.15 Å². The highest BCUT2D eigenvalue weighted by molar-refractivity contribution is 6.22. The lowest BCUT2D eigenvalue weighted by atomic mass is 10.1. The summed E-state index contributed by atoms with van der Waals surface area (Å²) in [5, 5.41) is 2.77. The normalized spacial score (nSPS) is 15.9. The Hall–Kier alpha value is -4.07. The number of benzene rings is 2. The number of ether oxygens (including phenoxy) is 1. The van der Waals surface area contributed by atoms with Crippen LogP contribution in [0.4, 0.5) is 16.2 Å². The molecule has 0 bridgehead atoms. The number of carbonyl (C=O) groups excluding carboxylic acids is 3. The average Bonchev–Trinajstić information content (AvgIpc) is 3.38. The monoisotopic (exact) mass is 433 g/mol. The second kappa shape index (κ2) is 8.97. The van der Waals surface area contributed by atoms with Gasteiger partial charge in [-0.05, 0) is 55.5 Å². The molecule has 3 aromatic rings. The number of anilines is 2. The standard InChI is InChI=1S/C24H23N3O5/c1-16-5-9-18(10-6-16)27-23(29)21(26(24(27)30)15-20-4-3-13-32-20)14-22(28)25-17-7-11-19(31-2)12-8-17/h3-13,21H,14-15H2,1-2H3,(H,25,28)/t21-/m1/s1. The topological polar surface area (TPSA) is 92.1 Å². The van der Waals surface area contributed by atoms with Crippen molar-refractivity contribution in [1.29, 1.82) is 0 Å². The molecule has 0 unspecified atom stereocenters. The van der Waals surface area contributed by atoms with Crippen LogP contribution in [0.2, 0.25) is 0 Å². The van der Waals surface area contributed by atoms with Crippen LogP contribution in [0.25, 0.3) is 0 Å². The summed E-state index contributed by atoms with van der Waals surface area (Å²) in [5.41, 5.74) is 2.05. The molecule has 2 heterocycles. The Balaban J connectivity index is 1.56. The SMILES string of the molecule is COc1ccc(NC(=O)C[C@@H]2C(=O)N(c3ccc(C)cc3)C(=O)N2Cc2ccco2)cc1. The lowest BCUT2D eigenvalue weighted by Gasteiger charge is -2.20. The number of amides is 4. The Morgan fingerprint density at radius 1 is 1.06 bits per heavy atom. The van der Waals surface area contributed by atoms with Gasteiger partial charge in [0.15, 0.2) is 0 Å². The fraction of sp³-hybridized carbons (Fsp3) is 0.208. The van der Waals surface area contributed by atoms with Crippen LogP contribution < -0.4 is 15.0 Å². The van der Waals surface area contributed by atoms with E-state index in [0.29, 0.717) is 22.9 Å². The van der Waals surface area contributed by atoms with Crippen molar-refractivity contribution in [2.45, 2.75) is 25.9 Å². The molecule has 8 nitrogen and oxygen atoms in total. The fourth-order valence-corrected chi connectivity index (χ4v) is 3.58. The number of carbonyl (C=O) groups is 3. The minimum absolute atomic E-state index is 0.0837. The van der Waals surface area contributed by atoms with E-state index >= 15 is 0 Å². The van der Waals surface area contributed by atoms with Crippen molar-refractivity contribution in [2.24, 2.45) is 0 Å². The highest BCUT2D eigenvalue weighted by Crippen LogP contribution is 2.29. The third-order valence-corrected chi connectivity index (χ3v) is 5.27. The molecule has 0 spiro atoms. The molecule has 32 heavy (non-hydrogen) atoms. The Morgan fingerprint density at radius 3 is 2.41 bits per heavy atom. The number of furan rings is 1. The average molecular weight is 433 g/mol. The summed E-state index contributed by atoms with van der Waals surface area (Å²) in [6.07, 6.45) is 1.32. The molecule has 1 aliphatic rings. The number of nitrogens with zero attached hydrogens (tertiary/aromatic N) is 2. The van der Waals surface area contributed by atoms with Gasteiger partial charge in [0.05, 0.1) is 32.0 Å². The third kappa shape index (κ3) is 4.34. The Morgan fingerprint density at radius 2 is 1.78 bits per heavy atom. The fourth-order valence-electron chi connectivity index (χ4n) is 3.58. The largest absolute Gasteiger partial charge is 0.497 e. The first kappa shape index (κ1) is 21.2. The van der Waals surface area contributed by atoms with Crippen molar-refractivity contribution < 1.29 is 23.5 Å². The summed E-state index contributed by atoms with van der Waals surface area (Å²) in [6.45, 7) is 2.01. The first-order valence-corrected chi connectivity index (χ1v) is 10.1. The van der Waals surface area contributed by atoms with Crippen molar-refractivity contribution in [3.05, 3.63) is 78.3 Å². The van der Waals surface area contributed by atoms with Crippen LogP contribution in [0.3, 0.4) is 0 Å². The molecule has 4 rings (SSSR count). The van der Waals surface area contributed by atoms with Crippen molar-refractivity contribution in [3.63, 3.8) is 0 Å². The van der Waals surface area contributed by atoms with Crippen molar-refractivity contribution in [3.8, 4) is 5.75 Å². The maximum Gasteiger partial charge on any atom is 0.332 e. The van der Waals surface area contributed by atoms with E-state index in [1.54, 1.807) is 55.6 Å². The van der Waals surface area contributed by atoms with E-state index in [1.165, 1.54) is 11.2 Å². The molecule has 1 N–H and O–H groups in total. The zero-order chi connectivity index (χ0) is 22.7. The minimum Gasteiger partial charge on any atom is -0.497 e. The van der Waals surface area contributed by atoms with Crippen LogP contribution in [0, 0.1) is 6.92 Å². The predicted molar refractivity (Wildman–Crippen MR) is 118 cm³/mol. The Bertz CT molecular complexity index is 1110. The van der Waals surface area contributed by atoms with E-state index in [9.17, 15) is 14.4 Å². The van der Waals surface area contributed by atoms with Gasteiger partial charge in [-0.2, -0.15) is 0 Å². The number of methoxy groups -OCH3 is 1. The number of aryl methyl sites for hydroxylation is 1. The second-order valence-corrected chi connectivity index (χ2v) is 7.50. The number of nitrogens with one attached hydrogen (secondary N) is 1. The van der Waals surface area contributed by atoms with Crippen LogP contribution in [0.1, 0.15) is 17.7 Å². The molecule has 4 amide bonds. The highest BCUT2D eigenvalue weighted by Gasteiger charge is 2.46. The summed E-state index contributed by atoms with van der Waals surface area (Å²) in [4.78, 5) is 41.7. The molecule has 1 atom stereocenters. The molecule has 164 valence electrons. The molecule has 1 fully saturated rings. The first-order valence-electron chi connectivity index (χ1n) is 10.1.